The second-order valence-corrected chi connectivity index (χ2v) is 11.2. The number of benzene rings is 2. The lowest BCUT2D eigenvalue weighted by atomic mass is 9.94. The van der Waals surface area contributed by atoms with E-state index in [1.54, 1.807) is 33.7 Å². The summed E-state index contributed by atoms with van der Waals surface area (Å²) >= 11 is 0. The first-order valence-corrected chi connectivity index (χ1v) is 13.9. The molecule has 2 aromatic heterocycles. The number of carbonyl (C=O) groups excluding carboxylic acids is 2. The Labute approximate surface area is 237 Å². The number of fused-ring (bicyclic) bond motifs is 1. The molecule has 2 amide bonds. The maximum atomic E-state index is 13.5. The summed E-state index contributed by atoms with van der Waals surface area (Å²) in [7, 11) is 0. The molecule has 5 N–H and O–H groups in total. The summed E-state index contributed by atoms with van der Waals surface area (Å²) in [6.45, 7) is 4.70. The van der Waals surface area contributed by atoms with Gasteiger partial charge in [-0.1, -0.05) is 35.5 Å². The number of pyridine rings is 1. The lowest BCUT2D eigenvalue weighted by molar-refractivity contribution is 0.0392. The molecule has 1 aliphatic heterocycles. The van der Waals surface area contributed by atoms with E-state index in [9.17, 15) is 14.7 Å². The standard InChI is InChI=1S/C30H34N8O3/c1-18-13-24(19-3-6-21(7-4-19)30(2,41)17-31)33-25-14-20(5-10-23(18)25)28(39)36-11-12-37(27(32)16-36)29(40)26-15-38(35-34-26)22-8-9-22/h3-7,10,13-15,22,27,41H,8-9,11-12,16-17,31-32H2,1-2H3. The highest BCUT2D eigenvalue weighted by atomic mass is 16.3. The highest BCUT2D eigenvalue weighted by molar-refractivity contribution is 5.99. The predicted octanol–water partition coefficient (Wildman–Crippen LogP) is 2.19. The van der Waals surface area contributed by atoms with E-state index in [-0.39, 0.29) is 30.6 Å². The number of hydrogen-bond donors (Lipinski definition) is 3. The highest BCUT2D eigenvalue weighted by Gasteiger charge is 2.33. The van der Waals surface area contributed by atoms with Crippen LogP contribution in [0.2, 0.25) is 0 Å². The highest BCUT2D eigenvalue weighted by Crippen LogP contribution is 2.34. The van der Waals surface area contributed by atoms with Crippen LogP contribution >= 0.6 is 0 Å². The Balaban J connectivity index is 1.19. The first kappa shape index (κ1) is 27.0. The molecule has 0 spiro atoms. The predicted molar refractivity (Wildman–Crippen MR) is 154 cm³/mol. The van der Waals surface area contributed by atoms with Crippen LogP contribution in [0.3, 0.4) is 0 Å². The minimum absolute atomic E-state index is 0.121. The van der Waals surface area contributed by atoms with Crippen molar-refractivity contribution < 1.29 is 14.7 Å². The molecule has 1 aliphatic carbocycles. The van der Waals surface area contributed by atoms with E-state index < -0.39 is 11.8 Å². The maximum absolute atomic E-state index is 13.5. The van der Waals surface area contributed by atoms with E-state index in [0.717, 1.165) is 40.6 Å². The fourth-order valence-corrected chi connectivity index (χ4v) is 5.27. The van der Waals surface area contributed by atoms with Crippen LogP contribution in [0, 0.1) is 6.92 Å². The molecule has 3 heterocycles. The van der Waals surface area contributed by atoms with Crippen LogP contribution in [-0.4, -0.2) is 79.0 Å². The molecule has 2 aliphatic rings. The number of rotatable bonds is 6. The average molecular weight is 555 g/mol. The Morgan fingerprint density at radius 2 is 1.83 bits per heavy atom. The first-order valence-electron chi connectivity index (χ1n) is 13.9. The van der Waals surface area contributed by atoms with Crippen molar-refractivity contribution in [1.29, 1.82) is 0 Å². The van der Waals surface area contributed by atoms with Crippen molar-refractivity contribution in [1.82, 2.24) is 29.8 Å². The van der Waals surface area contributed by atoms with Gasteiger partial charge < -0.3 is 26.4 Å². The van der Waals surface area contributed by atoms with Gasteiger partial charge in [-0.05, 0) is 56.0 Å². The van der Waals surface area contributed by atoms with Crippen LogP contribution in [0.15, 0.2) is 54.7 Å². The number of aliphatic hydroxyl groups is 1. The second-order valence-electron chi connectivity index (χ2n) is 11.2. The van der Waals surface area contributed by atoms with Gasteiger partial charge in [-0.25, -0.2) is 9.67 Å². The Hall–Kier alpha value is -4.19. The normalized spacial score (nSPS) is 18.9. The number of carbonyl (C=O) groups is 2. The Bertz CT molecular complexity index is 1630. The molecular weight excluding hydrogens is 520 g/mol. The van der Waals surface area contributed by atoms with Gasteiger partial charge >= 0.3 is 0 Å². The third-order valence-corrected chi connectivity index (χ3v) is 8.08. The monoisotopic (exact) mass is 554 g/mol. The van der Waals surface area contributed by atoms with Gasteiger partial charge in [0.2, 0.25) is 0 Å². The zero-order valence-corrected chi connectivity index (χ0v) is 23.2. The number of nitrogens with two attached hydrogens (primary N) is 2. The molecule has 212 valence electrons. The Morgan fingerprint density at radius 3 is 2.51 bits per heavy atom. The van der Waals surface area contributed by atoms with Gasteiger partial charge in [0.05, 0.1) is 41.8 Å². The van der Waals surface area contributed by atoms with Gasteiger partial charge in [0.25, 0.3) is 11.8 Å². The summed E-state index contributed by atoms with van der Waals surface area (Å²) in [6, 6.07) is 15.4. The molecule has 11 heteroatoms. The third-order valence-electron chi connectivity index (χ3n) is 8.08. The minimum atomic E-state index is -1.10. The summed E-state index contributed by atoms with van der Waals surface area (Å²) in [5, 5.41) is 19.5. The maximum Gasteiger partial charge on any atom is 0.277 e. The van der Waals surface area contributed by atoms with Crippen LogP contribution in [0.5, 0.6) is 0 Å². The summed E-state index contributed by atoms with van der Waals surface area (Å²) in [5.41, 5.74) is 15.9. The van der Waals surface area contributed by atoms with Crippen molar-refractivity contribution in [2.45, 2.75) is 44.5 Å². The summed E-state index contributed by atoms with van der Waals surface area (Å²) in [5.74, 6) is -0.429. The lowest BCUT2D eigenvalue weighted by Crippen LogP contribution is -2.60. The van der Waals surface area contributed by atoms with E-state index in [1.807, 2.05) is 49.4 Å². The van der Waals surface area contributed by atoms with Gasteiger partial charge in [-0.15, -0.1) is 5.10 Å². The van der Waals surface area contributed by atoms with Crippen molar-refractivity contribution in [2.24, 2.45) is 11.5 Å². The zero-order valence-electron chi connectivity index (χ0n) is 23.2. The summed E-state index contributed by atoms with van der Waals surface area (Å²) in [6.07, 6.45) is 3.13. The topological polar surface area (TPSA) is 156 Å². The van der Waals surface area contributed by atoms with Crippen molar-refractivity contribution in [2.75, 3.05) is 26.2 Å². The largest absolute Gasteiger partial charge is 0.384 e. The smallest absolute Gasteiger partial charge is 0.277 e. The van der Waals surface area contributed by atoms with Gasteiger partial charge in [0.15, 0.2) is 5.69 Å². The first-order chi connectivity index (χ1) is 19.6. The quantitative estimate of drug-likeness (QED) is 0.327. The van der Waals surface area contributed by atoms with E-state index in [0.29, 0.717) is 30.2 Å². The van der Waals surface area contributed by atoms with E-state index in [4.69, 9.17) is 16.5 Å². The molecule has 6 rings (SSSR count). The number of hydrogen-bond acceptors (Lipinski definition) is 8. The van der Waals surface area contributed by atoms with Gasteiger partial charge in [-0.3, -0.25) is 9.59 Å². The lowest BCUT2D eigenvalue weighted by Gasteiger charge is -2.39. The van der Waals surface area contributed by atoms with Gasteiger partial charge in [-0.2, -0.15) is 0 Å². The minimum Gasteiger partial charge on any atom is -0.384 e. The molecule has 0 radical (unpaired) electrons. The fraction of sp³-hybridized carbons (Fsp3) is 0.367. The molecule has 4 aromatic rings. The van der Waals surface area contributed by atoms with Crippen molar-refractivity contribution in [3.63, 3.8) is 0 Å². The van der Waals surface area contributed by atoms with Crippen LogP contribution in [0.1, 0.15) is 57.8 Å². The zero-order chi connectivity index (χ0) is 28.9. The molecule has 11 nitrogen and oxygen atoms in total. The van der Waals surface area contributed by atoms with Crippen LogP contribution < -0.4 is 11.5 Å². The molecular formula is C30H34N8O3. The fourth-order valence-electron chi connectivity index (χ4n) is 5.27. The van der Waals surface area contributed by atoms with E-state index in [1.165, 1.54) is 0 Å². The Morgan fingerprint density at radius 1 is 1.07 bits per heavy atom. The second kappa shape index (κ2) is 10.3. The third kappa shape index (κ3) is 5.19. The van der Waals surface area contributed by atoms with Crippen LogP contribution in [-0.2, 0) is 5.60 Å². The molecule has 2 fully saturated rings. The molecule has 1 saturated heterocycles. The number of aromatic nitrogens is 4. The summed E-state index contributed by atoms with van der Waals surface area (Å²) in [4.78, 5) is 34.6. The number of aryl methyl sites for hydroxylation is 1. The number of piperazine rings is 1. The van der Waals surface area contributed by atoms with Crippen molar-refractivity contribution >= 4 is 22.7 Å². The SMILES string of the molecule is Cc1cc(-c2ccc(C(C)(O)CN)cc2)nc2cc(C(=O)N3CCN(C(=O)c4cn(C5CC5)nn4)C(N)C3)ccc12. The molecule has 1 saturated carbocycles. The molecule has 41 heavy (non-hydrogen) atoms. The number of nitrogens with zero attached hydrogens (tertiary/aromatic N) is 6. The van der Waals surface area contributed by atoms with Crippen LogP contribution in [0.25, 0.3) is 22.2 Å². The van der Waals surface area contributed by atoms with Crippen molar-refractivity contribution in [3.05, 3.63) is 77.1 Å². The van der Waals surface area contributed by atoms with Gasteiger partial charge in [0.1, 0.15) is 0 Å². The van der Waals surface area contributed by atoms with E-state index >= 15 is 0 Å². The molecule has 2 atom stereocenters. The molecule has 0 bridgehead atoms. The number of amides is 2. The molecule has 2 unspecified atom stereocenters. The van der Waals surface area contributed by atoms with Crippen molar-refractivity contribution in [3.8, 4) is 11.3 Å². The Kier molecular flexibility index (Phi) is 6.80. The molecule has 2 aromatic carbocycles. The van der Waals surface area contributed by atoms with E-state index in [2.05, 4.69) is 10.3 Å². The van der Waals surface area contributed by atoms with Gasteiger partial charge in [0, 0.05) is 36.1 Å². The average Bonchev–Trinajstić information content (AvgIpc) is 3.72. The van der Waals surface area contributed by atoms with Crippen LogP contribution in [0.4, 0.5) is 0 Å². The summed E-state index contributed by atoms with van der Waals surface area (Å²) < 4.78 is 1.74.